The van der Waals surface area contributed by atoms with Crippen LogP contribution in [-0.4, -0.2) is 67.1 Å². The molecule has 2 aliphatic rings. The lowest BCUT2D eigenvalue weighted by Crippen LogP contribution is -3.00. The van der Waals surface area contributed by atoms with Crippen LogP contribution in [0.1, 0.15) is 45.4 Å². The Labute approximate surface area is 151 Å². The average molecular weight is 424 g/mol. The molecule has 0 aromatic heterocycles. The van der Waals surface area contributed by atoms with Crippen LogP contribution >= 0.6 is 0 Å². The fourth-order valence-corrected chi connectivity index (χ4v) is 3.49. The standard InChI is InChI=1S/C16H29N2O3.HI/c1-3-16(20)21-14(12-17-9-7-8-15(17)19)13-18(2)10-5-4-6-11-18;/h14H,3-13H2,1-2H3;1H/q+1;/p-1. The van der Waals surface area contributed by atoms with E-state index in [-0.39, 0.29) is 42.0 Å². The largest absolute Gasteiger partial charge is 1.00 e. The Bertz CT molecular complexity index is 384. The van der Waals surface area contributed by atoms with E-state index in [2.05, 4.69) is 7.05 Å². The van der Waals surface area contributed by atoms with Gasteiger partial charge in [0.2, 0.25) is 5.91 Å². The summed E-state index contributed by atoms with van der Waals surface area (Å²) in [7, 11) is 2.25. The fraction of sp³-hybridized carbons (Fsp3) is 0.875. The minimum absolute atomic E-state index is 0. The van der Waals surface area contributed by atoms with E-state index < -0.39 is 0 Å². The number of carbonyl (C=O) groups excluding carboxylic acids is 2. The number of nitrogens with zero attached hydrogens (tertiary/aromatic N) is 2. The third kappa shape index (κ3) is 5.68. The van der Waals surface area contributed by atoms with Crippen molar-refractivity contribution in [2.45, 2.75) is 51.6 Å². The SMILES string of the molecule is CCC(=O)OC(CN1CCCC1=O)C[N+]1(C)CCCCC1.[I-]. The van der Waals surface area contributed by atoms with Gasteiger partial charge in [0, 0.05) is 19.4 Å². The first-order valence-electron chi connectivity index (χ1n) is 8.33. The zero-order valence-electron chi connectivity index (χ0n) is 13.9. The maximum Gasteiger partial charge on any atom is 0.306 e. The molecule has 2 saturated heterocycles. The van der Waals surface area contributed by atoms with Crippen LogP contribution in [0.2, 0.25) is 0 Å². The lowest BCUT2D eigenvalue weighted by atomic mass is 10.1. The minimum atomic E-state index is -0.164. The predicted octanol–water partition coefficient (Wildman–Crippen LogP) is -1.43. The molecule has 0 aliphatic carbocycles. The van der Waals surface area contributed by atoms with Crippen LogP contribution < -0.4 is 24.0 Å². The Hall–Kier alpha value is -0.370. The molecule has 6 heteroatoms. The van der Waals surface area contributed by atoms with E-state index in [1.807, 2.05) is 11.8 Å². The number of likely N-dealkylation sites (N-methyl/N-ethyl adjacent to an activating group) is 1. The number of ether oxygens (including phenoxy) is 1. The van der Waals surface area contributed by atoms with Gasteiger partial charge in [0.1, 0.15) is 6.54 Å². The summed E-state index contributed by atoms with van der Waals surface area (Å²) < 4.78 is 6.59. The summed E-state index contributed by atoms with van der Waals surface area (Å²) in [5.41, 5.74) is 0. The van der Waals surface area contributed by atoms with E-state index >= 15 is 0 Å². The molecule has 2 fully saturated rings. The van der Waals surface area contributed by atoms with Gasteiger partial charge in [-0.1, -0.05) is 6.92 Å². The summed E-state index contributed by atoms with van der Waals surface area (Å²) in [6.07, 6.45) is 5.59. The molecule has 2 rings (SSSR count). The van der Waals surface area contributed by atoms with Gasteiger partial charge in [-0.15, -0.1) is 0 Å². The van der Waals surface area contributed by atoms with Crippen molar-refractivity contribution in [1.29, 1.82) is 0 Å². The topological polar surface area (TPSA) is 46.6 Å². The van der Waals surface area contributed by atoms with Gasteiger partial charge in [-0.3, -0.25) is 9.59 Å². The highest BCUT2D eigenvalue weighted by Crippen LogP contribution is 2.19. The highest BCUT2D eigenvalue weighted by Gasteiger charge is 2.33. The summed E-state index contributed by atoms with van der Waals surface area (Å²) in [6, 6.07) is 0. The normalized spacial score (nSPS) is 22.1. The number of hydrogen-bond acceptors (Lipinski definition) is 3. The zero-order valence-corrected chi connectivity index (χ0v) is 16.0. The van der Waals surface area contributed by atoms with E-state index in [9.17, 15) is 9.59 Å². The molecule has 1 unspecified atom stereocenters. The smallest absolute Gasteiger partial charge is 0.306 e. The predicted molar refractivity (Wildman–Crippen MR) is 80.6 cm³/mol. The number of rotatable bonds is 6. The number of piperidine rings is 1. The van der Waals surface area contributed by atoms with Gasteiger partial charge in [-0.2, -0.15) is 0 Å². The van der Waals surface area contributed by atoms with Crippen LogP contribution in [0.15, 0.2) is 0 Å². The van der Waals surface area contributed by atoms with Crippen molar-refractivity contribution in [2.24, 2.45) is 0 Å². The molecule has 0 spiro atoms. The number of quaternary nitrogens is 1. The molecule has 1 amide bonds. The van der Waals surface area contributed by atoms with Crippen molar-refractivity contribution < 1.29 is 42.8 Å². The lowest BCUT2D eigenvalue weighted by Gasteiger charge is -2.40. The molecule has 0 aromatic carbocycles. The van der Waals surface area contributed by atoms with Crippen LogP contribution in [0.4, 0.5) is 0 Å². The molecule has 0 saturated carbocycles. The van der Waals surface area contributed by atoms with Crippen LogP contribution in [0.5, 0.6) is 0 Å². The molecule has 5 nitrogen and oxygen atoms in total. The summed E-state index contributed by atoms with van der Waals surface area (Å²) in [6.45, 7) is 6.32. The molecule has 0 N–H and O–H groups in total. The third-order valence-corrected chi connectivity index (χ3v) is 4.72. The maximum absolute atomic E-state index is 11.8. The van der Waals surface area contributed by atoms with E-state index in [0.29, 0.717) is 19.4 Å². The van der Waals surface area contributed by atoms with E-state index in [1.54, 1.807) is 0 Å². The van der Waals surface area contributed by atoms with Gasteiger partial charge in [-0.25, -0.2) is 0 Å². The molecule has 2 aliphatic heterocycles. The number of amides is 1. The van der Waals surface area contributed by atoms with Crippen molar-refractivity contribution >= 4 is 11.9 Å². The Morgan fingerprint density at radius 3 is 2.50 bits per heavy atom. The Balaban J connectivity index is 0.00000242. The van der Waals surface area contributed by atoms with Gasteiger partial charge >= 0.3 is 5.97 Å². The van der Waals surface area contributed by atoms with E-state index in [1.165, 1.54) is 19.3 Å². The second kappa shape index (κ2) is 9.05. The summed E-state index contributed by atoms with van der Waals surface area (Å²) in [5.74, 6) is 0.0455. The van der Waals surface area contributed by atoms with Gasteiger partial charge in [-0.05, 0) is 25.7 Å². The van der Waals surface area contributed by atoms with Crippen molar-refractivity contribution in [3.05, 3.63) is 0 Å². The molecule has 2 heterocycles. The van der Waals surface area contributed by atoms with Gasteiger partial charge < -0.3 is 38.1 Å². The van der Waals surface area contributed by atoms with Crippen LogP contribution in [-0.2, 0) is 14.3 Å². The van der Waals surface area contributed by atoms with E-state index in [4.69, 9.17) is 4.74 Å². The molecule has 1 atom stereocenters. The Morgan fingerprint density at radius 1 is 1.27 bits per heavy atom. The first-order valence-corrected chi connectivity index (χ1v) is 8.33. The number of likely N-dealkylation sites (tertiary alicyclic amines) is 2. The molecular formula is C16H29IN2O3. The summed E-state index contributed by atoms with van der Waals surface area (Å²) >= 11 is 0. The molecule has 128 valence electrons. The van der Waals surface area contributed by atoms with Crippen molar-refractivity contribution in [2.75, 3.05) is 39.8 Å². The quantitative estimate of drug-likeness (QED) is 0.298. The third-order valence-electron chi connectivity index (χ3n) is 4.72. The van der Waals surface area contributed by atoms with E-state index in [0.717, 1.165) is 37.1 Å². The van der Waals surface area contributed by atoms with Crippen molar-refractivity contribution in [1.82, 2.24) is 4.90 Å². The molecular weight excluding hydrogens is 395 g/mol. The second-order valence-electron chi connectivity index (χ2n) is 6.72. The Morgan fingerprint density at radius 2 is 1.95 bits per heavy atom. The number of carbonyl (C=O) groups is 2. The van der Waals surface area contributed by atoms with Crippen LogP contribution in [0.25, 0.3) is 0 Å². The second-order valence-corrected chi connectivity index (χ2v) is 6.72. The molecule has 0 aromatic rings. The van der Waals surface area contributed by atoms with Crippen molar-refractivity contribution in [3.8, 4) is 0 Å². The number of hydrogen-bond donors (Lipinski definition) is 0. The fourth-order valence-electron chi connectivity index (χ4n) is 3.49. The maximum atomic E-state index is 11.8. The number of esters is 1. The number of halogens is 1. The first-order chi connectivity index (χ1) is 10.0. The lowest BCUT2D eigenvalue weighted by molar-refractivity contribution is -0.916. The Kier molecular flexibility index (Phi) is 8.10. The zero-order chi connectivity index (χ0) is 15.3. The molecule has 0 radical (unpaired) electrons. The minimum Gasteiger partial charge on any atom is -1.00 e. The van der Waals surface area contributed by atoms with Crippen molar-refractivity contribution in [3.63, 3.8) is 0 Å². The van der Waals surface area contributed by atoms with Crippen LogP contribution in [0.3, 0.4) is 0 Å². The molecule has 22 heavy (non-hydrogen) atoms. The first kappa shape index (κ1) is 19.7. The van der Waals surface area contributed by atoms with Gasteiger partial charge in [0.15, 0.2) is 6.10 Å². The van der Waals surface area contributed by atoms with Gasteiger partial charge in [0.25, 0.3) is 0 Å². The highest BCUT2D eigenvalue weighted by molar-refractivity contribution is 5.78. The van der Waals surface area contributed by atoms with Crippen LogP contribution in [0, 0.1) is 0 Å². The van der Waals surface area contributed by atoms with Gasteiger partial charge in [0.05, 0.1) is 26.7 Å². The summed E-state index contributed by atoms with van der Waals surface area (Å²) in [4.78, 5) is 25.4. The molecule has 0 bridgehead atoms. The monoisotopic (exact) mass is 424 g/mol. The highest BCUT2D eigenvalue weighted by atomic mass is 127. The average Bonchev–Trinajstić information content (AvgIpc) is 2.84. The summed E-state index contributed by atoms with van der Waals surface area (Å²) in [5, 5.41) is 0.